The minimum Gasteiger partial charge on any atom is -0.480 e. The average Bonchev–Trinajstić information content (AvgIpc) is 3.49. The lowest BCUT2D eigenvalue weighted by atomic mass is 9.90. The summed E-state index contributed by atoms with van der Waals surface area (Å²) < 4.78 is 3.03. The van der Waals surface area contributed by atoms with Gasteiger partial charge in [-0.2, -0.15) is 0 Å². The molecule has 6 rings (SSSR count). The van der Waals surface area contributed by atoms with Crippen molar-refractivity contribution in [3.63, 3.8) is 0 Å². The number of hydrogen-bond donors (Lipinski definition) is 4. The van der Waals surface area contributed by atoms with Gasteiger partial charge in [-0.05, 0) is 49.4 Å². The number of benzene rings is 2. The molecule has 178 valence electrons. The second-order valence-electron chi connectivity index (χ2n) is 8.65. The van der Waals surface area contributed by atoms with Gasteiger partial charge in [0, 0.05) is 0 Å². The van der Waals surface area contributed by atoms with Crippen LogP contribution in [0.4, 0.5) is 0 Å². The minimum absolute atomic E-state index is 0.0929. The second-order valence-corrected chi connectivity index (χ2v) is 8.65. The molecule has 0 saturated carbocycles. The SMILES string of the molecule is CC1(C(=O)O)C=Cc2nc(-n3c(=O)[nH]c4ccccc43)n(-c3nc4ccc(C(=O)O)cc4[nH]3)c2C=C1. The molecule has 1 unspecified atom stereocenters. The van der Waals surface area contributed by atoms with E-state index in [0.29, 0.717) is 33.5 Å². The van der Waals surface area contributed by atoms with Crippen molar-refractivity contribution in [2.45, 2.75) is 6.92 Å². The smallest absolute Gasteiger partial charge is 0.335 e. The monoisotopic (exact) mass is 482 g/mol. The lowest BCUT2D eigenvalue weighted by molar-refractivity contribution is -0.142. The van der Waals surface area contributed by atoms with Crippen molar-refractivity contribution in [1.82, 2.24) is 29.1 Å². The Labute approximate surface area is 201 Å². The van der Waals surface area contributed by atoms with Gasteiger partial charge in [-0.25, -0.2) is 28.7 Å². The van der Waals surface area contributed by atoms with Crippen LogP contribution in [-0.2, 0) is 4.79 Å². The van der Waals surface area contributed by atoms with Gasteiger partial charge in [0.25, 0.3) is 0 Å². The van der Waals surface area contributed by atoms with Crippen LogP contribution in [0.5, 0.6) is 0 Å². The van der Waals surface area contributed by atoms with E-state index in [1.807, 2.05) is 6.07 Å². The third-order valence-electron chi connectivity index (χ3n) is 6.28. The van der Waals surface area contributed by atoms with Crippen LogP contribution in [0.1, 0.15) is 28.7 Å². The van der Waals surface area contributed by atoms with E-state index in [9.17, 15) is 24.6 Å². The van der Waals surface area contributed by atoms with Crippen LogP contribution in [0.3, 0.4) is 0 Å². The Morgan fingerprint density at radius 3 is 2.50 bits per heavy atom. The lowest BCUT2D eigenvalue weighted by Crippen LogP contribution is -2.22. The Bertz CT molecular complexity index is 1850. The van der Waals surface area contributed by atoms with E-state index in [-0.39, 0.29) is 17.5 Å². The van der Waals surface area contributed by atoms with E-state index < -0.39 is 23.0 Å². The third-order valence-corrected chi connectivity index (χ3v) is 6.28. The minimum atomic E-state index is -1.26. The van der Waals surface area contributed by atoms with Crippen LogP contribution in [-0.4, -0.2) is 51.2 Å². The molecule has 11 nitrogen and oxygen atoms in total. The summed E-state index contributed by atoms with van der Waals surface area (Å²) in [7, 11) is 0. The summed E-state index contributed by atoms with van der Waals surface area (Å²) in [6.45, 7) is 1.57. The first kappa shape index (κ1) is 21.4. The van der Waals surface area contributed by atoms with Gasteiger partial charge in [0.1, 0.15) is 5.41 Å². The Kier molecular flexibility index (Phi) is 4.39. The number of imidazole rings is 3. The first-order valence-electron chi connectivity index (χ1n) is 10.9. The number of aromatic carboxylic acids is 1. The van der Waals surface area contributed by atoms with E-state index in [4.69, 9.17) is 4.98 Å². The lowest BCUT2D eigenvalue weighted by Gasteiger charge is -2.14. The fraction of sp³-hybridized carbons (Fsp3) is 0.0800. The predicted molar refractivity (Wildman–Crippen MR) is 131 cm³/mol. The highest BCUT2D eigenvalue weighted by Gasteiger charge is 2.31. The number of fused-ring (bicyclic) bond motifs is 3. The summed E-state index contributed by atoms with van der Waals surface area (Å²) in [6.07, 6.45) is 6.32. The number of H-pyrrole nitrogens is 2. The maximum atomic E-state index is 13.0. The van der Waals surface area contributed by atoms with Gasteiger partial charge in [-0.3, -0.25) is 4.79 Å². The topological polar surface area (TPSA) is 159 Å². The molecule has 0 radical (unpaired) electrons. The first-order chi connectivity index (χ1) is 17.2. The van der Waals surface area contributed by atoms with E-state index >= 15 is 0 Å². The van der Waals surface area contributed by atoms with Crippen molar-refractivity contribution in [2.24, 2.45) is 5.41 Å². The zero-order valence-electron chi connectivity index (χ0n) is 18.8. The highest BCUT2D eigenvalue weighted by atomic mass is 16.4. The quantitative estimate of drug-likeness (QED) is 0.306. The Balaban J connectivity index is 1.66. The molecule has 5 aromatic rings. The van der Waals surface area contributed by atoms with Gasteiger partial charge in [0.15, 0.2) is 0 Å². The molecule has 36 heavy (non-hydrogen) atoms. The predicted octanol–water partition coefficient (Wildman–Crippen LogP) is 3.21. The van der Waals surface area contributed by atoms with Crippen molar-refractivity contribution in [3.8, 4) is 11.9 Å². The molecule has 1 atom stereocenters. The molecular formula is C25H18N6O5. The Hall–Kier alpha value is -5.19. The summed E-state index contributed by atoms with van der Waals surface area (Å²) in [5.74, 6) is -1.58. The van der Waals surface area contributed by atoms with E-state index in [1.54, 1.807) is 54.0 Å². The average molecular weight is 482 g/mol. The number of aromatic amines is 2. The maximum absolute atomic E-state index is 13.0. The summed E-state index contributed by atoms with van der Waals surface area (Å²) in [4.78, 5) is 51.6. The standard InChI is InChI=1S/C25H18N6O5/c1-25(21(34)35)10-8-16-19(9-11-25)30(22-26-14-7-6-13(20(32)33)12-17(14)27-22)23(28-16)31-18-5-3-2-4-15(18)29-24(31)36/h2-12H,1H3,(H,26,27)(H,29,36)(H,32,33)(H,34,35). The number of nitrogens with one attached hydrogen (secondary N) is 2. The number of rotatable bonds is 4. The fourth-order valence-electron chi connectivity index (χ4n) is 4.27. The highest BCUT2D eigenvalue weighted by Crippen LogP contribution is 2.32. The molecule has 0 fully saturated rings. The molecule has 4 N–H and O–H groups in total. The van der Waals surface area contributed by atoms with Gasteiger partial charge < -0.3 is 20.2 Å². The number of aliphatic carboxylic acids is 1. The molecule has 1 aliphatic rings. The first-order valence-corrected chi connectivity index (χ1v) is 10.9. The second kappa shape index (κ2) is 7.40. The molecule has 2 aromatic carbocycles. The normalized spacial score (nSPS) is 16.9. The van der Waals surface area contributed by atoms with Crippen molar-refractivity contribution >= 4 is 46.2 Å². The number of carboxylic acid groups (broad SMARTS) is 2. The molecule has 0 saturated heterocycles. The molecule has 0 spiro atoms. The van der Waals surface area contributed by atoms with E-state index in [2.05, 4.69) is 15.0 Å². The van der Waals surface area contributed by atoms with Crippen LogP contribution in [0.25, 0.3) is 46.1 Å². The van der Waals surface area contributed by atoms with Gasteiger partial charge in [0.2, 0.25) is 11.9 Å². The van der Waals surface area contributed by atoms with Crippen LogP contribution >= 0.6 is 0 Å². The molecule has 3 heterocycles. The number of nitrogens with zero attached hydrogens (tertiary/aromatic N) is 4. The molecule has 0 amide bonds. The fourth-order valence-corrected chi connectivity index (χ4v) is 4.27. The van der Waals surface area contributed by atoms with Gasteiger partial charge in [-0.1, -0.05) is 24.3 Å². The zero-order chi connectivity index (χ0) is 25.2. The molecule has 3 aromatic heterocycles. The maximum Gasteiger partial charge on any atom is 0.335 e. The summed E-state index contributed by atoms with van der Waals surface area (Å²) in [6, 6.07) is 11.7. The highest BCUT2D eigenvalue weighted by molar-refractivity contribution is 5.92. The number of hydrogen-bond acceptors (Lipinski definition) is 5. The van der Waals surface area contributed by atoms with E-state index in [0.717, 1.165) is 0 Å². The van der Waals surface area contributed by atoms with E-state index in [1.165, 1.54) is 22.8 Å². The van der Waals surface area contributed by atoms with Crippen molar-refractivity contribution in [2.75, 3.05) is 0 Å². The Morgan fingerprint density at radius 2 is 1.72 bits per heavy atom. The number of carbonyl (C=O) groups is 2. The summed E-state index contributed by atoms with van der Waals surface area (Å²) >= 11 is 0. The molecule has 1 aliphatic carbocycles. The number of carboxylic acids is 2. The van der Waals surface area contributed by atoms with Crippen LogP contribution in [0.2, 0.25) is 0 Å². The molecule has 0 bridgehead atoms. The van der Waals surface area contributed by atoms with Crippen molar-refractivity contribution in [3.05, 3.63) is 82.1 Å². The molecule has 11 heteroatoms. The summed E-state index contributed by atoms with van der Waals surface area (Å²) in [5, 5.41) is 19.1. The molecule has 0 aliphatic heterocycles. The van der Waals surface area contributed by atoms with Gasteiger partial charge >= 0.3 is 17.6 Å². The third kappa shape index (κ3) is 3.10. The van der Waals surface area contributed by atoms with Crippen molar-refractivity contribution in [1.29, 1.82) is 0 Å². The number of aromatic nitrogens is 6. The largest absolute Gasteiger partial charge is 0.480 e. The molecular weight excluding hydrogens is 464 g/mol. The van der Waals surface area contributed by atoms with Gasteiger partial charge in [0.05, 0.1) is 39.0 Å². The van der Waals surface area contributed by atoms with Crippen LogP contribution in [0.15, 0.2) is 59.4 Å². The van der Waals surface area contributed by atoms with Crippen LogP contribution < -0.4 is 5.69 Å². The van der Waals surface area contributed by atoms with Crippen molar-refractivity contribution < 1.29 is 19.8 Å². The van der Waals surface area contributed by atoms with Crippen LogP contribution in [0, 0.1) is 5.41 Å². The zero-order valence-corrected chi connectivity index (χ0v) is 18.8. The number of para-hydroxylation sites is 2. The summed E-state index contributed by atoms with van der Waals surface area (Å²) in [5.41, 5.74) is 1.57. The van der Waals surface area contributed by atoms with Gasteiger partial charge in [-0.15, -0.1) is 0 Å². The Morgan fingerprint density at radius 1 is 0.944 bits per heavy atom.